The van der Waals surface area contributed by atoms with Crippen molar-refractivity contribution in [3.05, 3.63) is 48.0 Å². The van der Waals surface area contributed by atoms with Gasteiger partial charge in [-0.25, -0.2) is 0 Å². The van der Waals surface area contributed by atoms with E-state index in [-0.39, 0.29) is 30.9 Å². The van der Waals surface area contributed by atoms with E-state index in [2.05, 4.69) is 17.2 Å². The van der Waals surface area contributed by atoms with Gasteiger partial charge in [0, 0.05) is 19.2 Å². The van der Waals surface area contributed by atoms with Gasteiger partial charge >= 0.3 is 0 Å². The first kappa shape index (κ1) is 16.9. The molecule has 21 heavy (non-hydrogen) atoms. The lowest BCUT2D eigenvalue weighted by Gasteiger charge is -2.14. The smallest absolute Gasteiger partial charge is 0.243 e. The predicted octanol–water partition coefficient (Wildman–Crippen LogP) is 0.918. The van der Waals surface area contributed by atoms with Crippen molar-refractivity contribution in [3.8, 4) is 0 Å². The Morgan fingerprint density at radius 2 is 2.00 bits per heavy atom. The standard InChI is InChI=1S/C16H22N2O3/c1-3-15(20)17-11-14-7-5-4-6-13(14)10-16(21)18-12(2)8-9-19/h3-7,12,19H,1,8-11H2,2H3,(H,17,20)(H,18,21). The number of amides is 2. The van der Waals surface area contributed by atoms with Gasteiger partial charge in [-0.05, 0) is 30.5 Å². The Hall–Kier alpha value is -2.14. The second-order valence-electron chi connectivity index (χ2n) is 4.85. The van der Waals surface area contributed by atoms with Crippen LogP contribution in [0.25, 0.3) is 0 Å². The zero-order valence-corrected chi connectivity index (χ0v) is 12.3. The minimum absolute atomic E-state index is 0.0472. The van der Waals surface area contributed by atoms with E-state index >= 15 is 0 Å². The first-order valence-electron chi connectivity index (χ1n) is 6.94. The molecule has 1 atom stereocenters. The number of nitrogens with one attached hydrogen (secondary N) is 2. The van der Waals surface area contributed by atoms with Gasteiger partial charge in [0.05, 0.1) is 6.42 Å². The monoisotopic (exact) mass is 290 g/mol. The van der Waals surface area contributed by atoms with E-state index in [0.29, 0.717) is 13.0 Å². The molecule has 5 heteroatoms. The Bertz CT molecular complexity index is 500. The number of carbonyl (C=O) groups is 2. The Kier molecular flexibility index (Phi) is 7.18. The Labute approximate surface area is 125 Å². The van der Waals surface area contributed by atoms with E-state index in [4.69, 9.17) is 5.11 Å². The highest BCUT2D eigenvalue weighted by Crippen LogP contribution is 2.09. The van der Waals surface area contributed by atoms with Crippen LogP contribution in [0.4, 0.5) is 0 Å². The van der Waals surface area contributed by atoms with E-state index < -0.39 is 0 Å². The molecule has 0 saturated heterocycles. The van der Waals surface area contributed by atoms with Crippen LogP contribution in [-0.4, -0.2) is 29.6 Å². The van der Waals surface area contributed by atoms with Gasteiger partial charge in [0.15, 0.2) is 0 Å². The number of hydrogen-bond donors (Lipinski definition) is 3. The molecule has 1 rings (SSSR count). The summed E-state index contributed by atoms with van der Waals surface area (Å²) in [6, 6.07) is 7.41. The lowest BCUT2D eigenvalue weighted by Crippen LogP contribution is -2.34. The summed E-state index contributed by atoms with van der Waals surface area (Å²) >= 11 is 0. The number of benzene rings is 1. The van der Waals surface area contributed by atoms with Crippen LogP contribution in [0.3, 0.4) is 0 Å². The first-order valence-corrected chi connectivity index (χ1v) is 6.94. The molecule has 2 amide bonds. The normalized spacial score (nSPS) is 11.5. The maximum absolute atomic E-state index is 11.9. The van der Waals surface area contributed by atoms with Gasteiger partial charge < -0.3 is 15.7 Å². The Balaban J connectivity index is 2.63. The number of aliphatic hydroxyl groups excluding tert-OH is 1. The van der Waals surface area contributed by atoms with Crippen molar-refractivity contribution < 1.29 is 14.7 Å². The molecule has 1 aromatic carbocycles. The molecule has 0 aliphatic rings. The second kappa shape index (κ2) is 8.92. The van der Waals surface area contributed by atoms with E-state index in [0.717, 1.165) is 11.1 Å². The lowest BCUT2D eigenvalue weighted by molar-refractivity contribution is -0.121. The number of rotatable bonds is 8. The van der Waals surface area contributed by atoms with Crippen molar-refractivity contribution in [1.82, 2.24) is 10.6 Å². The van der Waals surface area contributed by atoms with E-state index in [1.54, 1.807) is 0 Å². The molecule has 1 unspecified atom stereocenters. The zero-order valence-electron chi connectivity index (χ0n) is 12.3. The molecule has 0 bridgehead atoms. The van der Waals surface area contributed by atoms with Gasteiger partial charge in [-0.15, -0.1) is 0 Å². The molecular formula is C16H22N2O3. The van der Waals surface area contributed by atoms with Crippen LogP contribution in [0.1, 0.15) is 24.5 Å². The Morgan fingerprint density at radius 3 is 2.62 bits per heavy atom. The maximum atomic E-state index is 11.9. The van der Waals surface area contributed by atoms with Crippen molar-refractivity contribution in [2.75, 3.05) is 6.61 Å². The minimum atomic E-state index is -0.245. The quantitative estimate of drug-likeness (QED) is 0.623. The molecular weight excluding hydrogens is 268 g/mol. The van der Waals surface area contributed by atoms with Crippen LogP contribution in [0.2, 0.25) is 0 Å². The second-order valence-corrected chi connectivity index (χ2v) is 4.85. The van der Waals surface area contributed by atoms with E-state index in [9.17, 15) is 9.59 Å². The highest BCUT2D eigenvalue weighted by molar-refractivity contribution is 5.86. The fraction of sp³-hybridized carbons (Fsp3) is 0.375. The number of hydrogen-bond acceptors (Lipinski definition) is 3. The van der Waals surface area contributed by atoms with Crippen molar-refractivity contribution in [2.45, 2.75) is 32.4 Å². The van der Waals surface area contributed by atoms with Gasteiger partial charge in [0.2, 0.25) is 11.8 Å². The summed E-state index contributed by atoms with van der Waals surface area (Å²) in [6.45, 7) is 5.66. The minimum Gasteiger partial charge on any atom is -0.396 e. The third kappa shape index (κ3) is 6.23. The third-order valence-corrected chi connectivity index (χ3v) is 3.08. The van der Waals surface area contributed by atoms with Crippen molar-refractivity contribution in [3.63, 3.8) is 0 Å². The summed E-state index contributed by atoms with van der Waals surface area (Å²) in [5.74, 6) is -0.343. The van der Waals surface area contributed by atoms with Gasteiger partial charge in [-0.2, -0.15) is 0 Å². The number of carbonyl (C=O) groups excluding carboxylic acids is 2. The van der Waals surface area contributed by atoms with Gasteiger partial charge in [-0.3, -0.25) is 9.59 Å². The molecule has 114 valence electrons. The molecule has 0 radical (unpaired) electrons. The van der Waals surface area contributed by atoms with Crippen molar-refractivity contribution in [1.29, 1.82) is 0 Å². The lowest BCUT2D eigenvalue weighted by atomic mass is 10.0. The van der Waals surface area contributed by atoms with Crippen LogP contribution < -0.4 is 10.6 Å². The van der Waals surface area contributed by atoms with E-state index in [1.807, 2.05) is 31.2 Å². The largest absolute Gasteiger partial charge is 0.396 e. The highest BCUT2D eigenvalue weighted by Gasteiger charge is 2.10. The molecule has 0 aliphatic carbocycles. The molecule has 0 heterocycles. The summed E-state index contributed by atoms with van der Waals surface area (Å²) in [7, 11) is 0. The first-order chi connectivity index (χ1) is 10.1. The molecule has 1 aromatic rings. The number of aliphatic hydroxyl groups is 1. The van der Waals surface area contributed by atoms with Crippen molar-refractivity contribution in [2.24, 2.45) is 0 Å². The molecule has 0 aliphatic heterocycles. The molecule has 0 aromatic heterocycles. The fourth-order valence-electron chi connectivity index (χ4n) is 1.92. The third-order valence-electron chi connectivity index (χ3n) is 3.08. The summed E-state index contributed by atoms with van der Waals surface area (Å²) in [5, 5.41) is 14.4. The summed E-state index contributed by atoms with van der Waals surface area (Å²) < 4.78 is 0. The van der Waals surface area contributed by atoms with Crippen LogP contribution >= 0.6 is 0 Å². The van der Waals surface area contributed by atoms with Gasteiger partial charge in [0.1, 0.15) is 0 Å². The van der Waals surface area contributed by atoms with Gasteiger partial charge in [0.25, 0.3) is 0 Å². The van der Waals surface area contributed by atoms with Crippen molar-refractivity contribution >= 4 is 11.8 Å². The average molecular weight is 290 g/mol. The molecule has 5 nitrogen and oxygen atoms in total. The molecule has 0 saturated carbocycles. The van der Waals surface area contributed by atoms with Gasteiger partial charge in [-0.1, -0.05) is 30.8 Å². The average Bonchev–Trinajstić information content (AvgIpc) is 2.46. The van der Waals surface area contributed by atoms with Crippen LogP contribution in [0.5, 0.6) is 0 Å². The van der Waals surface area contributed by atoms with E-state index in [1.165, 1.54) is 6.08 Å². The molecule has 3 N–H and O–H groups in total. The summed E-state index contributed by atoms with van der Waals surface area (Å²) in [6.07, 6.45) is 1.99. The van der Waals surface area contributed by atoms with Crippen LogP contribution in [0.15, 0.2) is 36.9 Å². The zero-order chi connectivity index (χ0) is 15.7. The maximum Gasteiger partial charge on any atom is 0.243 e. The predicted molar refractivity (Wildman–Crippen MR) is 81.5 cm³/mol. The van der Waals surface area contributed by atoms with Crippen LogP contribution in [-0.2, 0) is 22.6 Å². The molecule has 0 spiro atoms. The summed E-state index contributed by atoms with van der Waals surface area (Å²) in [4.78, 5) is 23.2. The SMILES string of the molecule is C=CC(=O)NCc1ccccc1CC(=O)NC(C)CCO. The summed E-state index contributed by atoms with van der Waals surface area (Å²) in [5.41, 5.74) is 1.77. The Morgan fingerprint density at radius 1 is 1.33 bits per heavy atom. The highest BCUT2D eigenvalue weighted by atomic mass is 16.3. The van der Waals surface area contributed by atoms with Crippen LogP contribution in [0, 0.1) is 0 Å². The topological polar surface area (TPSA) is 78.4 Å². The fourth-order valence-corrected chi connectivity index (χ4v) is 1.92. The molecule has 0 fully saturated rings.